The van der Waals surface area contributed by atoms with E-state index in [0.29, 0.717) is 13.1 Å². The van der Waals surface area contributed by atoms with Gasteiger partial charge >= 0.3 is 0 Å². The molecule has 0 radical (unpaired) electrons. The highest BCUT2D eigenvalue weighted by Gasteiger charge is 2.53. The number of anilines is 2. The fourth-order valence-electron chi connectivity index (χ4n) is 7.53. The molecule has 6 heterocycles. The van der Waals surface area contributed by atoms with Gasteiger partial charge < -0.3 is 24.6 Å². The first-order valence-corrected chi connectivity index (χ1v) is 15.8. The lowest BCUT2D eigenvalue weighted by molar-refractivity contribution is -0.159. The standard InChI is InChI=1S/C30H47N9O3/c1-35-13-15-36(16-14-35)23-8-7-21(19-25(23)41-2)32-30-31-20-22-27(34-30)39-26-10-9-24-28(33-26)37(17-18-42-24)11-5-3-4-6-12-38(39)29(22)40/h4,6-8,19,22,24,26-28,30-34H,3,5,9-18,20H2,1-2H3/b6-4-. The lowest BCUT2D eigenvalue weighted by atomic mass is 9.99. The molecule has 0 saturated carbocycles. The molecule has 230 valence electrons. The van der Waals surface area contributed by atoms with Crippen LogP contribution in [0, 0.1) is 5.92 Å². The molecule has 6 unspecified atom stereocenters. The molecule has 2 bridgehead atoms. The van der Waals surface area contributed by atoms with E-state index in [1.807, 2.05) is 5.01 Å². The van der Waals surface area contributed by atoms with Crippen molar-refractivity contribution in [3.8, 4) is 5.75 Å². The van der Waals surface area contributed by atoms with Crippen LogP contribution in [-0.2, 0) is 9.53 Å². The number of methoxy groups -OCH3 is 1. The summed E-state index contributed by atoms with van der Waals surface area (Å²) in [5.41, 5.74) is 2.10. The van der Waals surface area contributed by atoms with Gasteiger partial charge in [0.25, 0.3) is 0 Å². The molecular weight excluding hydrogens is 534 g/mol. The van der Waals surface area contributed by atoms with E-state index in [1.54, 1.807) is 7.11 Å². The third-order valence-corrected chi connectivity index (χ3v) is 9.85. The second kappa shape index (κ2) is 12.3. The second-order valence-corrected chi connectivity index (χ2v) is 12.4. The Bertz CT molecular complexity index is 1150. The molecule has 7 rings (SSSR count). The molecule has 12 nitrogen and oxygen atoms in total. The van der Waals surface area contributed by atoms with Gasteiger partial charge in [-0.25, -0.2) is 0 Å². The van der Waals surface area contributed by atoms with Crippen molar-refractivity contribution in [2.45, 2.75) is 56.6 Å². The monoisotopic (exact) mass is 581 g/mol. The van der Waals surface area contributed by atoms with Crippen LogP contribution in [-0.4, -0.2) is 130 Å². The minimum atomic E-state index is -0.194. The average Bonchev–Trinajstić information content (AvgIpc) is 3.28. The van der Waals surface area contributed by atoms with Gasteiger partial charge in [0.15, 0.2) is 0 Å². The average molecular weight is 582 g/mol. The molecule has 0 spiro atoms. The number of ether oxygens (including phenoxy) is 2. The Kier molecular flexibility index (Phi) is 8.28. The van der Waals surface area contributed by atoms with Crippen molar-refractivity contribution >= 4 is 17.3 Å². The van der Waals surface area contributed by atoms with Gasteiger partial charge in [-0.3, -0.25) is 30.7 Å². The van der Waals surface area contributed by atoms with E-state index in [1.165, 1.54) is 0 Å². The molecule has 6 aliphatic heterocycles. The molecule has 4 N–H and O–H groups in total. The normalized spacial score (nSPS) is 35.5. The zero-order valence-electron chi connectivity index (χ0n) is 25.0. The summed E-state index contributed by atoms with van der Waals surface area (Å²) in [7, 11) is 3.91. The first-order valence-electron chi connectivity index (χ1n) is 15.8. The van der Waals surface area contributed by atoms with Crippen molar-refractivity contribution in [2.24, 2.45) is 5.92 Å². The maximum absolute atomic E-state index is 13.8. The van der Waals surface area contributed by atoms with E-state index in [4.69, 9.17) is 9.47 Å². The van der Waals surface area contributed by atoms with Crippen LogP contribution >= 0.6 is 0 Å². The molecule has 1 aromatic carbocycles. The van der Waals surface area contributed by atoms with Crippen molar-refractivity contribution < 1.29 is 14.3 Å². The predicted octanol–water partition coefficient (Wildman–Crippen LogP) is 0.423. The summed E-state index contributed by atoms with van der Waals surface area (Å²) in [6.45, 7) is 8.09. The van der Waals surface area contributed by atoms with E-state index in [2.05, 4.69) is 78.4 Å². The highest BCUT2D eigenvalue weighted by molar-refractivity contribution is 5.82. The maximum Gasteiger partial charge on any atom is 0.244 e. The number of piperazine rings is 1. The van der Waals surface area contributed by atoms with Crippen LogP contribution < -0.4 is 30.9 Å². The van der Waals surface area contributed by atoms with Crippen LogP contribution in [0.1, 0.15) is 25.7 Å². The molecule has 12 heteroatoms. The predicted molar refractivity (Wildman–Crippen MR) is 162 cm³/mol. The van der Waals surface area contributed by atoms with Crippen molar-refractivity contribution in [1.82, 2.24) is 35.8 Å². The Morgan fingerprint density at radius 1 is 1.02 bits per heavy atom. The van der Waals surface area contributed by atoms with E-state index in [-0.39, 0.29) is 42.7 Å². The number of nitrogens with one attached hydrogen (secondary N) is 4. The number of carbonyl (C=O) groups excluding carboxylic acids is 1. The Morgan fingerprint density at radius 3 is 2.76 bits per heavy atom. The van der Waals surface area contributed by atoms with Crippen molar-refractivity contribution in [1.29, 1.82) is 0 Å². The van der Waals surface area contributed by atoms with Crippen LogP contribution in [0.3, 0.4) is 0 Å². The summed E-state index contributed by atoms with van der Waals surface area (Å²) >= 11 is 0. The highest BCUT2D eigenvalue weighted by Crippen LogP contribution is 2.35. The first kappa shape index (κ1) is 28.3. The molecular formula is C30H47N9O3. The van der Waals surface area contributed by atoms with Crippen LogP contribution in [0.25, 0.3) is 0 Å². The zero-order valence-corrected chi connectivity index (χ0v) is 25.0. The number of amides is 1. The fourth-order valence-corrected chi connectivity index (χ4v) is 7.53. The summed E-state index contributed by atoms with van der Waals surface area (Å²) in [6.07, 6.45) is 8.60. The Balaban J connectivity index is 1.09. The van der Waals surface area contributed by atoms with E-state index >= 15 is 0 Å². The van der Waals surface area contributed by atoms with Crippen LogP contribution in [0.2, 0.25) is 0 Å². The molecule has 6 aliphatic rings. The maximum atomic E-state index is 13.8. The van der Waals surface area contributed by atoms with Gasteiger partial charge in [-0.05, 0) is 44.9 Å². The topological polar surface area (TPSA) is 99.8 Å². The zero-order chi connectivity index (χ0) is 28.6. The van der Waals surface area contributed by atoms with Gasteiger partial charge in [-0.1, -0.05) is 12.2 Å². The molecule has 6 atom stereocenters. The van der Waals surface area contributed by atoms with Crippen LogP contribution in [0.4, 0.5) is 11.4 Å². The second-order valence-electron chi connectivity index (χ2n) is 12.4. The number of fused-ring (bicyclic) bond motifs is 5. The third kappa shape index (κ3) is 5.49. The Morgan fingerprint density at radius 2 is 1.90 bits per heavy atom. The largest absolute Gasteiger partial charge is 0.495 e. The fraction of sp³-hybridized carbons (Fsp3) is 0.700. The Hall–Kier alpha value is -2.45. The molecule has 0 aromatic heterocycles. The van der Waals surface area contributed by atoms with Crippen molar-refractivity contribution in [3.63, 3.8) is 0 Å². The molecule has 5 fully saturated rings. The quantitative estimate of drug-likeness (QED) is 0.373. The summed E-state index contributed by atoms with van der Waals surface area (Å²) < 4.78 is 12.0. The van der Waals surface area contributed by atoms with Gasteiger partial charge in [-0.15, -0.1) is 0 Å². The Labute approximate surface area is 249 Å². The molecule has 1 aromatic rings. The lowest BCUT2D eigenvalue weighted by Gasteiger charge is -2.51. The van der Waals surface area contributed by atoms with Gasteiger partial charge in [0, 0.05) is 57.6 Å². The summed E-state index contributed by atoms with van der Waals surface area (Å²) in [4.78, 5) is 21.1. The molecule has 5 saturated heterocycles. The smallest absolute Gasteiger partial charge is 0.244 e. The van der Waals surface area contributed by atoms with Crippen molar-refractivity contribution in [2.75, 3.05) is 83.3 Å². The number of allylic oxidation sites excluding steroid dienone is 1. The molecule has 0 aliphatic carbocycles. The SMILES string of the molecule is COc1cc(NC2NCC3C(=O)N4C/C=C\CCCN5CCOC6CCC(NC65)N4C3N2)ccc1N1CCN(C)CC1. The van der Waals surface area contributed by atoms with Crippen molar-refractivity contribution in [3.05, 3.63) is 30.4 Å². The van der Waals surface area contributed by atoms with E-state index in [0.717, 1.165) is 88.7 Å². The minimum Gasteiger partial charge on any atom is -0.495 e. The van der Waals surface area contributed by atoms with Gasteiger partial charge in [0.05, 0.1) is 56.5 Å². The number of likely N-dealkylation sites (N-methyl/N-ethyl adjacent to an activating group) is 1. The lowest BCUT2D eigenvalue weighted by Crippen LogP contribution is -2.71. The molecule has 1 amide bonds. The van der Waals surface area contributed by atoms with Gasteiger partial charge in [-0.2, -0.15) is 5.01 Å². The number of nitrogens with zero attached hydrogens (tertiary/aromatic N) is 5. The van der Waals surface area contributed by atoms with E-state index < -0.39 is 0 Å². The number of hydrogen-bond donors (Lipinski definition) is 4. The van der Waals surface area contributed by atoms with Gasteiger partial charge in [0.2, 0.25) is 5.91 Å². The number of piperidine rings is 1. The number of carbonyl (C=O) groups is 1. The summed E-state index contributed by atoms with van der Waals surface area (Å²) in [5, 5.41) is 19.1. The highest BCUT2D eigenvalue weighted by atomic mass is 16.5. The third-order valence-electron chi connectivity index (χ3n) is 9.85. The van der Waals surface area contributed by atoms with E-state index in [9.17, 15) is 4.79 Å². The number of morpholine rings is 1. The minimum absolute atomic E-state index is 0.0523. The number of hydrazine groups is 1. The number of rotatable bonds is 4. The summed E-state index contributed by atoms with van der Waals surface area (Å²) in [6, 6.07) is 6.36. The van der Waals surface area contributed by atoms with Crippen LogP contribution in [0.15, 0.2) is 30.4 Å². The first-order chi connectivity index (χ1) is 20.6. The van der Waals surface area contributed by atoms with Crippen LogP contribution in [0.5, 0.6) is 5.75 Å². The van der Waals surface area contributed by atoms with Gasteiger partial charge in [0.1, 0.15) is 12.0 Å². The summed E-state index contributed by atoms with van der Waals surface area (Å²) in [5.74, 6) is 0.892. The molecule has 42 heavy (non-hydrogen) atoms. The number of hydrogen-bond acceptors (Lipinski definition) is 11. The number of benzene rings is 1.